The first kappa shape index (κ1) is 16.8. The molecule has 4 rings (SSSR count). The van der Waals surface area contributed by atoms with Crippen LogP contribution in [0.5, 0.6) is 0 Å². The van der Waals surface area contributed by atoms with E-state index < -0.39 is 35.2 Å². The van der Waals surface area contributed by atoms with Gasteiger partial charge in [-0.1, -0.05) is 23.8 Å². The Morgan fingerprint density at radius 1 is 1.27 bits per heavy atom. The van der Waals surface area contributed by atoms with E-state index in [0.29, 0.717) is 11.3 Å². The number of nitrogens with one attached hydrogen (secondary N) is 2. The van der Waals surface area contributed by atoms with Gasteiger partial charge in [-0.25, -0.2) is 0 Å². The number of anilines is 1. The van der Waals surface area contributed by atoms with Crippen molar-refractivity contribution in [1.82, 2.24) is 10.2 Å². The van der Waals surface area contributed by atoms with Gasteiger partial charge in [-0.05, 0) is 32.9 Å². The number of fused-ring (bicyclic) bond motifs is 2. The van der Waals surface area contributed by atoms with Crippen molar-refractivity contribution in [3.8, 4) is 0 Å². The number of Topliss-reactive ketones (excluding diaryl/α,β-unsaturated/α-hetero) is 1. The maximum absolute atomic E-state index is 13.3. The lowest BCUT2D eigenvalue weighted by Crippen LogP contribution is -2.69. The van der Waals surface area contributed by atoms with Crippen LogP contribution >= 0.6 is 0 Å². The van der Waals surface area contributed by atoms with Crippen LogP contribution in [0.15, 0.2) is 35.9 Å². The normalized spacial score (nSPS) is 35.1. The predicted octanol–water partition coefficient (Wildman–Crippen LogP) is 0.808. The first-order chi connectivity index (χ1) is 12.2. The molecule has 3 aliphatic rings. The monoisotopic (exact) mass is 355 g/mol. The first-order valence-corrected chi connectivity index (χ1v) is 8.64. The molecule has 7 nitrogen and oxygen atoms in total. The Hall–Kier alpha value is -2.67. The number of nitrogens with zero attached hydrogens (tertiary/aromatic N) is 1. The van der Waals surface area contributed by atoms with Gasteiger partial charge in [0, 0.05) is 17.7 Å². The van der Waals surface area contributed by atoms with Crippen LogP contribution in [0.3, 0.4) is 0 Å². The van der Waals surface area contributed by atoms with Gasteiger partial charge in [-0.15, -0.1) is 0 Å². The molecule has 2 fully saturated rings. The fourth-order valence-corrected chi connectivity index (χ4v) is 4.31. The van der Waals surface area contributed by atoms with Crippen LogP contribution in [-0.2, 0) is 9.59 Å². The summed E-state index contributed by atoms with van der Waals surface area (Å²) in [5.41, 5.74) is -1.30. The Labute approximate surface area is 151 Å². The van der Waals surface area contributed by atoms with Crippen molar-refractivity contribution in [1.29, 1.82) is 0 Å². The second-order valence-electron chi connectivity index (χ2n) is 7.56. The van der Waals surface area contributed by atoms with Crippen molar-refractivity contribution in [2.24, 2.45) is 0 Å². The second kappa shape index (κ2) is 5.17. The molecule has 1 aromatic rings. The average molecular weight is 355 g/mol. The molecule has 136 valence electrons. The molecule has 0 aliphatic carbocycles. The molecule has 3 N–H and O–H groups in total. The number of aliphatic hydroxyl groups is 1. The summed E-state index contributed by atoms with van der Waals surface area (Å²) < 4.78 is 0. The highest BCUT2D eigenvalue weighted by Gasteiger charge is 2.70. The summed E-state index contributed by atoms with van der Waals surface area (Å²) >= 11 is 0. The lowest BCUT2D eigenvalue weighted by Gasteiger charge is -2.41. The zero-order chi connectivity index (χ0) is 18.9. The van der Waals surface area contributed by atoms with E-state index in [9.17, 15) is 19.5 Å². The molecule has 3 aliphatic heterocycles. The Kier molecular flexibility index (Phi) is 3.34. The lowest BCUT2D eigenvalue weighted by molar-refractivity contribution is -0.179. The second-order valence-corrected chi connectivity index (χ2v) is 7.56. The minimum Gasteiger partial charge on any atom is -0.370 e. The van der Waals surface area contributed by atoms with Gasteiger partial charge in [0.05, 0.1) is 6.04 Å². The Bertz CT molecular complexity index is 875. The molecule has 0 bridgehead atoms. The van der Waals surface area contributed by atoms with Gasteiger partial charge in [0.25, 0.3) is 5.91 Å². The third-order valence-electron chi connectivity index (χ3n) is 5.45. The van der Waals surface area contributed by atoms with Crippen LogP contribution in [0.1, 0.15) is 37.6 Å². The number of para-hydroxylation sites is 1. The smallest absolute Gasteiger partial charge is 0.274 e. The van der Waals surface area contributed by atoms with Crippen molar-refractivity contribution in [3.63, 3.8) is 0 Å². The van der Waals surface area contributed by atoms with Crippen LogP contribution in [-0.4, -0.2) is 51.0 Å². The number of allylic oxidation sites excluding steroid dienone is 1. The van der Waals surface area contributed by atoms with Gasteiger partial charge in [0.1, 0.15) is 11.6 Å². The van der Waals surface area contributed by atoms with Crippen LogP contribution in [0.4, 0.5) is 5.69 Å². The molecule has 4 atom stereocenters. The molecule has 1 spiro atoms. The van der Waals surface area contributed by atoms with E-state index in [0.717, 1.165) is 5.57 Å². The third-order valence-corrected chi connectivity index (χ3v) is 5.45. The molecule has 0 radical (unpaired) electrons. The number of amides is 2. The van der Waals surface area contributed by atoms with Crippen molar-refractivity contribution < 1.29 is 19.5 Å². The number of ketones is 1. The van der Waals surface area contributed by atoms with Crippen LogP contribution < -0.4 is 10.6 Å². The number of hydrogen-bond donors (Lipinski definition) is 3. The van der Waals surface area contributed by atoms with E-state index in [4.69, 9.17) is 0 Å². The number of piperazine rings is 1. The Morgan fingerprint density at radius 3 is 2.62 bits per heavy atom. The van der Waals surface area contributed by atoms with E-state index >= 15 is 0 Å². The molecule has 0 aromatic heterocycles. The van der Waals surface area contributed by atoms with E-state index in [1.54, 1.807) is 31.2 Å². The van der Waals surface area contributed by atoms with Crippen molar-refractivity contribution in [3.05, 3.63) is 41.5 Å². The highest BCUT2D eigenvalue weighted by Crippen LogP contribution is 2.49. The maximum atomic E-state index is 13.3. The SMILES string of the molecule is CC(C)=C[C@H]1N2C(=O)[C@H](C)NC(=O)[C@@]2(O)C[C@]12Nc1ccccc1C2=O. The quantitative estimate of drug-likeness (QED) is 0.648. The Morgan fingerprint density at radius 2 is 1.96 bits per heavy atom. The third kappa shape index (κ3) is 1.94. The van der Waals surface area contributed by atoms with Crippen LogP contribution in [0.2, 0.25) is 0 Å². The predicted molar refractivity (Wildman–Crippen MR) is 94.4 cm³/mol. The number of carbonyl (C=O) groups is 3. The summed E-state index contributed by atoms with van der Waals surface area (Å²) in [7, 11) is 0. The van der Waals surface area contributed by atoms with E-state index in [-0.39, 0.29) is 12.2 Å². The van der Waals surface area contributed by atoms with Crippen molar-refractivity contribution in [2.75, 3.05) is 5.32 Å². The number of benzene rings is 1. The molecule has 7 heteroatoms. The van der Waals surface area contributed by atoms with Crippen LogP contribution in [0, 0.1) is 0 Å². The molecular formula is C19H21N3O4. The highest BCUT2D eigenvalue weighted by molar-refractivity contribution is 6.16. The van der Waals surface area contributed by atoms with Gasteiger partial charge in [-0.2, -0.15) is 0 Å². The summed E-state index contributed by atoms with van der Waals surface area (Å²) in [4.78, 5) is 39.9. The number of carbonyl (C=O) groups excluding carboxylic acids is 3. The standard InChI is InChI=1S/C19H21N3O4/c1-10(2)8-14-18(15(23)12-6-4-5-7-13(12)21-18)9-19(26)17(25)20-11(3)16(24)22(14)19/h4-8,11,14,21,26H,9H2,1-3H3,(H,20,25)/t11-,14+,18-,19-/m0/s1. The largest absolute Gasteiger partial charge is 0.370 e. The fraction of sp³-hybridized carbons (Fsp3) is 0.421. The molecule has 2 saturated heterocycles. The number of rotatable bonds is 1. The maximum Gasteiger partial charge on any atom is 0.274 e. The van der Waals surface area contributed by atoms with Gasteiger partial charge in [-0.3, -0.25) is 19.3 Å². The zero-order valence-corrected chi connectivity index (χ0v) is 14.9. The van der Waals surface area contributed by atoms with Crippen LogP contribution in [0.25, 0.3) is 0 Å². The highest BCUT2D eigenvalue weighted by atomic mass is 16.3. The summed E-state index contributed by atoms with van der Waals surface area (Å²) in [5.74, 6) is -1.28. The summed E-state index contributed by atoms with van der Waals surface area (Å²) in [6.45, 7) is 5.29. The molecule has 2 amide bonds. The summed E-state index contributed by atoms with van der Waals surface area (Å²) in [5, 5.41) is 16.9. The molecule has 3 heterocycles. The molecule has 1 aromatic carbocycles. The Balaban J connectivity index is 1.92. The molecule has 0 saturated carbocycles. The van der Waals surface area contributed by atoms with Gasteiger partial charge in [0.2, 0.25) is 11.6 Å². The van der Waals surface area contributed by atoms with Gasteiger partial charge >= 0.3 is 0 Å². The zero-order valence-electron chi connectivity index (χ0n) is 14.9. The van der Waals surface area contributed by atoms with Gasteiger partial charge in [0.15, 0.2) is 5.78 Å². The average Bonchev–Trinajstić information content (AvgIpc) is 2.99. The van der Waals surface area contributed by atoms with Crippen molar-refractivity contribution in [2.45, 2.75) is 50.5 Å². The minimum absolute atomic E-state index is 0.202. The van der Waals surface area contributed by atoms with Gasteiger partial charge < -0.3 is 15.7 Å². The molecular weight excluding hydrogens is 334 g/mol. The minimum atomic E-state index is -2.06. The first-order valence-electron chi connectivity index (χ1n) is 8.64. The van der Waals surface area contributed by atoms with E-state index in [1.807, 2.05) is 19.9 Å². The summed E-state index contributed by atoms with van der Waals surface area (Å²) in [6.07, 6.45) is 1.57. The van der Waals surface area contributed by atoms with Crippen molar-refractivity contribution >= 4 is 23.3 Å². The van der Waals surface area contributed by atoms with E-state index in [1.165, 1.54) is 4.90 Å². The summed E-state index contributed by atoms with van der Waals surface area (Å²) in [6, 6.07) is 5.55. The number of hydrogen-bond acceptors (Lipinski definition) is 5. The molecule has 0 unspecified atom stereocenters. The fourth-order valence-electron chi connectivity index (χ4n) is 4.31. The van der Waals surface area contributed by atoms with E-state index in [2.05, 4.69) is 10.6 Å². The topological polar surface area (TPSA) is 98.7 Å². The molecule has 26 heavy (non-hydrogen) atoms. The lowest BCUT2D eigenvalue weighted by atomic mass is 9.83.